The molecule has 0 saturated heterocycles. The Bertz CT molecular complexity index is 410. The molecule has 0 amide bonds. The highest BCUT2D eigenvalue weighted by Gasteiger charge is 2.10. The average Bonchev–Trinajstić information content (AvgIpc) is 2.27. The van der Waals surface area contributed by atoms with Gasteiger partial charge in [-0.2, -0.15) is 0 Å². The lowest BCUT2D eigenvalue weighted by Crippen LogP contribution is -2.00. The summed E-state index contributed by atoms with van der Waals surface area (Å²) < 4.78 is 10.9. The van der Waals surface area contributed by atoms with Gasteiger partial charge in [0.05, 0.1) is 16.7 Å². The minimum absolute atomic E-state index is 0.143. The molecule has 0 N–H and O–H groups in total. The third-order valence-corrected chi connectivity index (χ3v) is 2.98. The van der Waals surface area contributed by atoms with E-state index in [9.17, 15) is 0 Å². The summed E-state index contributed by atoms with van der Waals surface area (Å²) in [5.74, 6) is 0.957. The molecule has 0 heterocycles. The lowest BCUT2D eigenvalue weighted by atomic mass is 10.3. The molecular formula is C11H9BrCl4O2. The molecule has 0 radical (unpaired) electrons. The molecule has 18 heavy (non-hydrogen) atoms. The maximum Gasteiger partial charge on any atom is 0.156 e. The Balaban J connectivity index is 2.76. The van der Waals surface area contributed by atoms with Crippen molar-refractivity contribution in [3.63, 3.8) is 0 Å². The molecule has 0 saturated carbocycles. The van der Waals surface area contributed by atoms with Crippen LogP contribution in [-0.2, 0) is 0 Å². The third kappa shape index (κ3) is 5.45. The van der Waals surface area contributed by atoms with E-state index in [0.717, 1.165) is 0 Å². The van der Waals surface area contributed by atoms with E-state index >= 15 is 0 Å². The van der Waals surface area contributed by atoms with Crippen molar-refractivity contribution in [1.29, 1.82) is 0 Å². The highest BCUT2D eigenvalue weighted by Crippen LogP contribution is 2.37. The number of hydrogen-bond donors (Lipinski definition) is 0. The minimum atomic E-state index is 0.143. The van der Waals surface area contributed by atoms with Crippen LogP contribution in [0.2, 0.25) is 10.0 Å². The second-order valence-electron chi connectivity index (χ2n) is 3.06. The molecule has 0 bridgehead atoms. The molecule has 1 aromatic carbocycles. The molecule has 0 fully saturated rings. The van der Waals surface area contributed by atoms with Crippen LogP contribution in [0.3, 0.4) is 0 Å². The molecule has 0 aliphatic carbocycles. The largest absolute Gasteiger partial charge is 0.490 e. The SMILES string of the molecule is ClC(Cl)=CCOc1cc(Cl)c(OCCBr)c(Cl)c1. The Labute approximate surface area is 134 Å². The van der Waals surface area contributed by atoms with Gasteiger partial charge in [-0.15, -0.1) is 0 Å². The van der Waals surface area contributed by atoms with Crippen molar-refractivity contribution >= 4 is 62.3 Å². The summed E-state index contributed by atoms with van der Waals surface area (Å²) in [6.07, 6.45) is 1.51. The van der Waals surface area contributed by atoms with Gasteiger partial charge >= 0.3 is 0 Å². The first kappa shape index (κ1) is 16.3. The van der Waals surface area contributed by atoms with Gasteiger partial charge in [-0.3, -0.25) is 0 Å². The van der Waals surface area contributed by atoms with E-state index in [0.29, 0.717) is 33.5 Å². The first-order valence-corrected chi connectivity index (χ1v) is 7.49. The van der Waals surface area contributed by atoms with Crippen molar-refractivity contribution in [2.45, 2.75) is 0 Å². The van der Waals surface area contributed by atoms with Crippen LogP contribution in [0.1, 0.15) is 0 Å². The van der Waals surface area contributed by atoms with Gasteiger partial charge in [0, 0.05) is 17.5 Å². The topological polar surface area (TPSA) is 18.5 Å². The number of alkyl halides is 1. The van der Waals surface area contributed by atoms with Crippen LogP contribution in [0.5, 0.6) is 11.5 Å². The monoisotopic (exact) mass is 392 g/mol. The van der Waals surface area contributed by atoms with Crippen LogP contribution >= 0.6 is 62.3 Å². The fourth-order valence-corrected chi connectivity index (χ4v) is 1.96. The van der Waals surface area contributed by atoms with Gasteiger partial charge in [-0.1, -0.05) is 62.3 Å². The molecule has 2 nitrogen and oxygen atoms in total. The van der Waals surface area contributed by atoms with Gasteiger partial charge in [-0.05, 0) is 6.08 Å². The van der Waals surface area contributed by atoms with Crippen molar-refractivity contribution < 1.29 is 9.47 Å². The second-order valence-corrected chi connectivity index (χ2v) is 5.67. The zero-order valence-corrected chi connectivity index (χ0v) is 13.7. The van der Waals surface area contributed by atoms with Crippen LogP contribution in [-0.4, -0.2) is 18.5 Å². The number of ether oxygens (including phenoxy) is 2. The van der Waals surface area contributed by atoms with Crippen molar-refractivity contribution in [3.05, 3.63) is 32.7 Å². The van der Waals surface area contributed by atoms with Crippen LogP contribution in [0, 0.1) is 0 Å². The Morgan fingerprint density at radius 1 is 1.17 bits per heavy atom. The molecule has 7 heteroatoms. The summed E-state index contributed by atoms with van der Waals surface area (Å²) in [7, 11) is 0. The van der Waals surface area contributed by atoms with E-state index in [1.165, 1.54) is 6.08 Å². The van der Waals surface area contributed by atoms with Gasteiger partial charge < -0.3 is 9.47 Å². The van der Waals surface area contributed by atoms with Crippen LogP contribution in [0.25, 0.3) is 0 Å². The Morgan fingerprint density at radius 2 is 1.78 bits per heavy atom. The van der Waals surface area contributed by atoms with E-state index < -0.39 is 0 Å². The second kappa shape index (κ2) is 8.39. The summed E-state index contributed by atoms with van der Waals surface area (Å²) >= 11 is 26.2. The van der Waals surface area contributed by atoms with Crippen LogP contribution < -0.4 is 9.47 Å². The lowest BCUT2D eigenvalue weighted by Gasteiger charge is -2.11. The van der Waals surface area contributed by atoms with Gasteiger partial charge in [0.2, 0.25) is 0 Å². The van der Waals surface area contributed by atoms with Crippen LogP contribution in [0.4, 0.5) is 0 Å². The Kier molecular flexibility index (Phi) is 7.57. The third-order valence-electron chi connectivity index (χ3n) is 1.78. The van der Waals surface area contributed by atoms with E-state index in [4.69, 9.17) is 55.9 Å². The molecule has 0 aromatic heterocycles. The van der Waals surface area contributed by atoms with Crippen molar-refractivity contribution in [2.24, 2.45) is 0 Å². The predicted molar refractivity (Wildman–Crippen MR) is 81.0 cm³/mol. The fourth-order valence-electron chi connectivity index (χ4n) is 1.10. The van der Waals surface area contributed by atoms with Gasteiger partial charge in [0.15, 0.2) is 5.75 Å². The zero-order chi connectivity index (χ0) is 13.5. The molecule has 1 rings (SSSR count). The van der Waals surface area contributed by atoms with Gasteiger partial charge in [0.25, 0.3) is 0 Å². The Morgan fingerprint density at radius 3 is 2.28 bits per heavy atom. The van der Waals surface area contributed by atoms with E-state index in [1.54, 1.807) is 12.1 Å². The normalized spacial score (nSPS) is 10.1. The number of rotatable bonds is 6. The molecule has 0 unspecified atom stereocenters. The molecule has 0 atom stereocenters. The highest BCUT2D eigenvalue weighted by atomic mass is 79.9. The van der Waals surface area contributed by atoms with Crippen LogP contribution in [0.15, 0.2) is 22.7 Å². The minimum Gasteiger partial charge on any atom is -0.490 e. The number of benzene rings is 1. The zero-order valence-electron chi connectivity index (χ0n) is 9.06. The van der Waals surface area contributed by atoms with Crippen molar-refractivity contribution in [3.8, 4) is 11.5 Å². The first-order chi connectivity index (χ1) is 8.54. The number of halogens is 5. The summed E-state index contributed by atoms with van der Waals surface area (Å²) in [6.45, 7) is 0.709. The summed E-state index contributed by atoms with van der Waals surface area (Å²) in [5.41, 5.74) is 0. The summed E-state index contributed by atoms with van der Waals surface area (Å²) in [4.78, 5) is 0. The maximum atomic E-state index is 6.04. The summed E-state index contributed by atoms with van der Waals surface area (Å²) in [6, 6.07) is 3.24. The first-order valence-electron chi connectivity index (χ1n) is 4.86. The molecule has 0 aliphatic heterocycles. The van der Waals surface area contributed by atoms with Gasteiger partial charge in [0.1, 0.15) is 16.8 Å². The van der Waals surface area contributed by atoms with E-state index in [1.807, 2.05) is 0 Å². The summed E-state index contributed by atoms with van der Waals surface area (Å²) in [5, 5.41) is 1.47. The molecular weight excluding hydrogens is 386 g/mol. The Hall–Kier alpha value is 0.200. The predicted octanol–water partition coefficient (Wildman–Crippen LogP) is 5.46. The highest BCUT2D eigenvalue weighted by molar-refractivity contribution is 9.09. The van der Waals surface area contributed by atoms with E-state index in [-0.39, 0.29) is 11.1 Å². The van der Waals surface area contributed by atoms with E-state index in [2.05, 4.69) is 15.9 Å². The standard InChI is InChI=1S/C11H9BrCl4O2/c12-2-4-18-11-8(13)5-7(6-9(11)14)17-3-1-10(15)16/h1,5-6H,2-4H2. The fraction of sp³-hybridized carbons (Fsp3) is 0.273. The number of hydrogen-bond acceptors (Lipinski definition) is 2. The maximum absolute atomic E-state index is 6.04. The molecule has 0 spiro atoms. The lowest BCUT2D eigenvalue weighted by molar-refractivity contribution is 0.341. The van der Waals surface area contributed by atoms with Crippen molar-refractivity contribution in [1.82, 2.24) is 0 Å². The molecule has 100 valence electrons. The smallest absolute Gasteiger partial charge is 0.156 e. The quantitative estimate of drug-likeness (QED) is 0.596. The average molecular weight is 395 g/mol. The molecule has 0 aliphatic rings. The van der Waals surface area contributed by atoms with Crippen molar-refractivity contribution in [2.75, 3.05) is 18.5 Å². The molecule has 1 aromatic rings. The van der Waals surface area contributed by atoms with Gasteiger partial charge in [-0.25, -0.2) is 0 Å².